The van der Waals surface area contributed by atoms with Gasteiger partial charge in [-0.25, -0.2) is 24.9 Å². The first-order valence-electron chi connectivity index (χ1n) is 43.7. The summed E-state index contributed by atoms with van der Waals surface area (Å²) in [7, 11) is 0. The molecule has 0 aliphatic heterocycles. The van der Waals surface area contributed by atoms with Crippen LogP contribution in [0.5, 0.6) is 0 Å². The molecule has 27 aromatic rings. The van der Waals surface area contributed by atoms with Crippen molar-refractivity contribution in [3.63, 3.8) is 0 Å². The molecule has 14 heteroatoms. The van der Waals surface area contributed by atoms with Gasteiger partial charge in [0.25, 0.3) is 0 Å². The quantitative estimate of drug-likeness (QED) is 0.120. The normalized spacial score (nSPS) is 11.7. The summed E-state index contributed by atoms with van der Waals surface area (Å²) in [6.07, 6.45) is 18.8. The summed E-state index contributed by atoms with van der Waals surface area (Å²) < 4.78 is 6.80. The van der Waals surface area contributed by atoms with Gasteiger partial charge in [-0.2, -0.15) is 0 Å². The minimum absolute atomic E-state index is 0.854. The van der Waals surface area contributed by atoms with Crippen molar-refractivity contribution in [1.82, 2.24) is 68.5 Å². The fourth-order valence-corrected chi connectivity index (χ4v) is 19.2. The molecule has 0 saturated heterocycles. The van der Waals surface area contributed by atoms with Crippen molar-refractivity contribution < 1.29 is 0 Å². The molecule has 14 heterocycles. The number of fused-ring (bicyclic) bond motifs is 21. The zero-order valence-corrected chi connectivity index (χ0v) is 70.3. The van der Waals surface area contributed by atoms with E-state index >= 15 is 0 Å². The predicted molar refractivity (Wildman–Crippen MR) is 536 cm³/mol. The van der Waals surface area contributed by atoms with Gasteiger partial charge in [0.1, 0.15) is 17.5 Å². The van der Waals surface area contributed by atoms with E-state index < -0.39 is 0 Å². The molecule has 0 unspecified atom stereocenters. The third kappa shape index (κ3) is 13.2. The Hall–Kier alpha value is -18.0. The van der Waals surface area contributed by atoms with Crippen molar-refractivity contribution in [3.05, 3.63) is 438 Å². The highest BCUT2D eigenvalue weighted by atomic mass is 15.1. The Morgan fingerprint density at radius 1 is 0.183 bits per heavy atom. The number of benzene rings is 13. The molecule has 0 bridgehead atoms. The molecule has 0 radical (unpaired) electrons. The van der Waals surface area contributed by atoms with Crippen molar-refractivity contribution in [2.45, 2.75) is 0 Å². The molecule has 0 N–H and O–H groups in total. The van der Waals surface area contributed by atoms with Crippen LogP contribution in [0.25, 0.3) is 248 Å². The first kappa shape index (κ1) is 75.5. The summed E-state index contributed by atoms with van der Waals surface area (Å²) >= 11 is 0. The number of hydrogen-bond acceptors (Lipinski definition) is 11. The second-order valence-electron chi connectivity index (χ2n) is 32.9. The van der Waals surface area contributed by atoms with E-state index in [1.807, 2.05) is 135 Å². The van der Waals surface area contributed by atoms with Crippen LogP contribution in [-0.4, -0.2) is 68.5 Å². The smallest absolute Gasteiger partial charge is 0.137 e. The zero-order chi connectivity index (χ0) is 86.4. The average molecular weight is 1670 g/mol. The number of aromatic nitrogens is 14. The minimum atomic E-state index is 0.854. The predicted octanol–water partition coefficient (Wildman–Crippen LogP) is 28.6. The average Bonchev–Trinajstić information content (AvgIpc) is 1.58. The Morgan fingerprint density at radius 3 is 1.10 bits per heavy atom. The van der Waals surface area contributed by atoms with Crippen LogP contribution in [0.4, 0.5) is 0 Å². The van der Waals surface area contributed by atoms with Gasteiger partial charge >= 0.3 is 0 Å². The van der Waals surface area contributed by atoms with E-state index in [0.717, 1.165) is 189 Å². The van der Waals surface area contributed by atoms with Crippen LogP contribution in [0.15, 0.2) is 438 Å². The van der Waals surface area contributed by atoms with E-state index in [4.69, 9.17) is 39.9 Å². The summed E-state index contributed by atoms with van der Waals surface area (Å²) in [6.45, 7) is 0. The van der Waals surface area contributed by atoms with Gasteiger partial charge in [0.05, 0.1) is 83.6 Å². The van der Waals surface area contributed by atoms with Gasteiger partial charge in [0, 0.05) is 160 Å². The third-order valence-corrected chi connectivity index (χ3v) is 25.4. The highest BCUT2D eigenvalue weighted by Gasteiger charge is 2.23. The molecule has 27 rings (SSSR count). The van der Waals surface area contributed by atoms with Crippen molar-refractivity contribution >= 4 is 152 Å². The number of hydrogen-bond donors (Lipinski definition) is 0. The molecule has 14 nitrogen and oxygen atoms in total. The molecule has 0 spiro atoms. The van der Waals surface area contributed by atoms with Gasteiger partial charge in [-0.3, -0.25) is 43.6 Å². The first-order chi connectivity index (χ1) is 64.9. The maximum atomic E-state index is 5.05. The van der Waals surface area contributed by atoms with Crippen molar-refractivity contribution in [2.24, 2.45) is 0 Å². The van der Waals surface area contributed by atoms with Crippen LogP contribution in [0.1, 0.15) is 0 Å². The monoisotopic (exact) mass is 1670 g/mol. The zero-order valence-electron chi connectivity index (χ0n) is 70.3. The number of pyridine rings is 11. The van der Waals surface area contributed by atoms with Crippen LogP contribution in [0.2, 0.25) is 0 Å². The molecule has 131 heavy (non-hydrogen) atoms. The molecule has 14 aromatic heterocycles. The summed E-state index contributed by atoms with van der Waals surface area (Å²) in [5.41, 5.74) is 24.6. The molecule has 0 fully saturated rings. The molecule has 0 saturated carbocycles. The minimum Gasteiger partial charge on any atom is -0.294 e. The summed E-state index contributed by atoms with van der Waals surface area (Å²) in [6, 6.07) is 131. The lowest BCUT2D eigenvalue weighted by Crippen LogP contribution is -1.98. The van der Waals surface area contributed by atoms with Crippen molar-refractivity contribution in [2.75, 3.05) is 0 Å². The van der Waals surface area contributed by atoms with Gasteiger partial charge in [-0.05, 0) is 213 Å². The Bertz CT molecular complexity index is 8900. The molecular formula is C117H72N14. The molecule has 0 atom stereocenters. The van der Waals surface area contributed by atoms with E-state index in [-0.39, 0.29) is 0 Å². The van der Waals surface area contributed by atoms with Gasteiger partial charge in [0.2, 0.25) is 0 Å². The highest BCUT2D eigenvalue weighted by Crippen LogP contribution is 2.45. The van der Waals surface area contributed by atoms with Gasteiger partial charge in [-0.1, -0.05) is 212 Å². The summed E-state index contributed by atoms with van der Waals surface area (Å²) in [5, 5.41) is 21.2. The standard InChI is InChI=1S/C47H28N6.2C35H22N4/c1-3-10-35-29(7-1)14-19-42-44(35)39-25-31(40-17-13-33(27-51-40)38-26-32-9-5-22-48-46(32)47-37(38)12-6-23-49-47)15-18-41(39)53(42)43-20-16-34(28-52-43)45-36-11-4-2-8-30(36)21-24-50-45;1-3-9-27-23(7-1)13-18-33-35(27)28-21-25(29-10-5-6-20-36-29)14-17-32(28)39(33)34-19-15-26(22-37-34)31-16-12-24-8-2-4-11-30(24)38-31;1-3-9-28-23(6-1)12-17-33-35(28)29-20-25(26-8-5-19-36-21-26)13-16-32(29)39(33)34-18-14-27(22-37-34)31-15-11-24-7-2-4-10-30(24)38-31/h1-28H;2*1-22H. The van der Waals surface area contributed by atoms with Crippen molar-refractivity contribution in [1.29, 1.82) is 0 Å². The van der Waals surface area contributed by atoms with Crippen LogP contribution >= 0.6 is 0 Å². The van der Waals surface area contributed by atoms with Crippen LogP contribution in [0, 0.1) is 0 Å². The SMILES string of the molecule is c1ccc(-c2ccc3c(c2)c2c4ccccc4ccc2n3-c2ccc(-c3ccc4ccccc4n3)cn2)nc1.c1ccc2c(-c3ccc(-n4c5ccc(-c6ccc(-c7cc8cccnc8c8ncccc78)cn6)cc5c5c6ccccc6ccc54)nc3)nccc2c1.c1cncc(-c2ccc3c(c2)c2c4ccccc4ccc2n3-c2ccc(-c3ccc4ccccc4n3)cn2)c1. The molecule has 13 aromatic carbocycles. The lowest BCUT2D eigenvalue weighted by atomic mass is 9.98. The Kier molecular flexibility index (Phi) is 18.2. The van der Waals surface area contributed by atoms with E-state index in [1.165, 1.54) is 59.2 Å². The van der Waals surface area contributed by atoms with Gasteiger partial charge < -0.3 is 0 Å². The fourth-order valence-electron chi connectivity index (χ4n) is 19.2. The fraction of sp³-hybridized carbons (Fsp3) is 0. The highest BCUT2D eigenvalue weighted by molar-refractivity contribution is 6.25. The van der Waals surface area contributed by atoms with Crippen LogP contribution < -0.4 is 0 Å². The lowest BCUT2D eigenvalue weighted by Gasteiger charge is -2.11. The summed E-state index contributed by atoms with van der Waals surface area (Å²) in [4.78, 5) is 52.7. The Labute approximate surface area is 749 Å². The van der Waals surface area contributed by atoms with Gasteiger partial charge in [0.15, 0.2) is 0 Å². The van der Waals surface area contributed by atoms with E-state index in [0.29, 0.717) is 0 Å². The maximum absolute atomic E-state index is 5.05. The molecule has 610 valence electrons. The molecule has 0 aliphatic carbocycles. The number of para-hydroxylation sites is 2. The number of nitrogens with zero attached hydrogens (tertiary/aromatic N) is 14. The maximum Gasteiger partial charge on any atom is 0.137 e. The second kappa shape index (κ2) is 31.6. The third-order valence-electron chi connectivity index (χ3n) is 25.4. The molecular weight excluding hydrogens is 1600 g/mol. The van der Waals surface area contributed by atoms with Gasteiger partial charge in [-0.15, -0.1) is 0 Å². The second-order valence-corrected chi connectivity index (χ2v) is 32.9. The molecule has 0 amide bonds. The summed E-state index contributed by atoms with van der Waals surface area (Å²) in [5.74, 6) is 2.61. The van der Waals surface area contributed by atoms with Crippen LogP contribution in [0.3, 0.4) is 0 Å². The lowest BCUT2D eigenvalue weighted by molar-refractivity contribution is 1.08. The van der Waals surface area contributed by atoms with Crippen molar-refractivity contribution in [3.8, 4) is 96.0 Å². The van der Waals surface area contributed by atoms with Crippen LogP contribution in [-0.2, 0) is 0 Å². The van der Waals surface area contributed by atoms with E-state index in [2.05, 4.69) is 332 Å². The topological polar surface area (TPSA) is 157 Å². The Balaban J connectivity index is 0.000000108. The first-order valence-corrected chi connectivity index (χ1v) is 43.7. The number of rotatable bonds is 10. The molecule has 0 aliphatic rings. The Morgan fingerprint density at radius 2 is 0.588 bits per heavy atom. The van der Waals surface area contributed by atoms with E-state index in [9.17, 15) is 0 Å². The van der Waals surface area contributed by atoms with E-state index in [1.54, 1.807) is 0 Å². The largest absolute Gasteiger partial charge is 0.294 e.